The second-order valence-electron chi connectivity index (χ2n) is 15.8. The summed E-state index contributed by atoms with van der Waals surface area (Å²) in [5.74, 6) is 0.394. The van der Waals surface area contributed by atoms with Crippen molar-refractivity contribution in [1.29, 1.82) is 0 Å². The number of ether oxygens (including phenoxy) is 2. The third-order valence-corrected chi connectivity index (χ3v) is 13.6. The van der Waals surface area contributed by atoms with E-state index in [1.54, 1.807) is 13.3 Å². The Bertz CT molecular complexity index is 1540. The molecule has 2 aromatic rings. The number of aliphatic hydroxyl groups is 1. The summed E-state index contributed by atoms with van der Waals surface area (Å²) in [4.78, 5) is 40.1. The van der Waals surface area contributed by atoms with Gasteiger partial charge in [-0.3, -0.25) is 14.4 Å². The standard InChI is InChI=1S/C38H54N4O6S/c1-9-36(6)19-30(37(7)24(2)14-16-38(25(3)34(36)46)17-15-29(43)33(37)38)48-32(45)22-49-35(4,5)23-39-31(44)21-42-20-27(40-41-42)18-26-10-12-28(47-8)13-11-26/h9-13,20,24-25,30,33-34,46H,1,14-19,21-23H2,2-8H3,(H,39,44)/t24-,25+,30-,33+,34+,36-,37+,38+/m1/s1. The van der Waals surface area contributed by atoms with Crippen molar-refractivity contribution >= 4 is 29.4 Å². The highest BCUT2D eigenvalue weighted by atomic mass is 32.2. The zero-order chi connectivity index (χ0) is 35.8. The van der Waals surface area contributed by atoms with Crippen LogP contribution in [0, 0.1) is 34.0 Å². The Hall–Kier alpha value is -3.18. The molecule has 0 spiro atoms. The molecule has 0 unspecified atom stereocenters. The number of nitrogens with zero attached hydrogens (tertiary/aromatic N) is 3. The molecule has 1 amide bonds. The van der Waals surface area contributed by atoms with Gasteiger partial charge in [-0.15, -0.1) is 23.4 Å². The molecular weight excluding hydrogens is 641 g/mol. The van der Waals surface area contributed by atoms with Crippen LogP contribution in [-0.2, 0) is 32.1 Å². The largest absolute Gasteiger partial charge is 0.497 e. The lowest BCUT2D eigenvalue weighted by atomic mass is 9.44. The molecule has 3 fully saturated rings. The fraction of sp³-hybridized carbons (Fsp3) is 0.658. The van der Waals surface area contributed by atoms with Crippen molar-refractivity contribution in [1.82, 2.24) is 20.3 Å². The highest BCUT2D eigenvalue weighted by Gasteiger charge is 2.68. The third-order valence-electron chi connectivity index (χ3n) is 12.3. The number of aliphatic hydroxyl groups excluding tert-OH is 1. The number of ketones is 1. The van der Waals surface area contributed by atoms with Gasteiger partial charge in [-0.1, -0.05) is 51.1 Å². The van der Waals surface area contributed by atoms with Gasteiger partial charge in [-0.25, -0.2) is 4.68 Å². The van der Waals surface area contributed by atoms with Gasteiger partial charge in [0.25, 0.3) is 0 Å². The first-order valence-corrected chi connectivity index (χ1v) is 18.5. The Labute approximate surface area is 295 Å². The normalized spacial score (nSPS) is 32.8. The number of hydrogen-bond acceptors (Lipinski definition) is 9. The summed E-state index contributed by atoms with van der Waals surface area (Å²) in [5.41, 5.74) is 0.280. The monoisotopic (exact) mass is 694 g/mol. The van der Waals surface area contributed by atoms with E-state index in [9.17, 15) is 19.5 Å². The minimum Gasteiger partial charge on any atom is -0.497 e. The molecular formula is C38H54N4O6S. The first-order chi connectivity index (χ1) is 23.1. The first-order valence-electron chi connectivity index (χ1n) is 17.5. The number of amides is 1. The second kappa shape index (κ2) is 14.2. The maximum absolute atomic E-state index is 13.6. The van der Waals surface area contributed by atoms with Gasteiger partial charge in [0.1, 0.15) is 24.2 Å². The van der Waals surface area contributed by atoms with Crippen molar-refractivity contribution in [2.24, 2.45) is 34.0 Å². The number of carbonyl (C=O) groups is 3. The van der Waals surface area contributed by atoms with Gasteiger partial charge in [0.2, 0.25) is 5.91 Å². The molecule has 0 radical (unpaired) electrons. The van der Waals surface area contributed by atoms with E-state index in [4.69, 9.17) is 9.47 Å². The van der Waals surface area contributed by atoms with Crippen LogP contribution in [0.25, 0.3) is 0 Å². The lowest BCUT2D eigenvalue weighted by molar-refractivity contribution is -0.205. The number of thioether (sulfide) groups is 1. The van der Waals surface area contributed by atoms with Gasteiger partial charge in [-0.2, -0.15) is 0 Å². The molecule has 0 aliphatic heterocycles. The Morgan fingerprint density at radius 2 is 1.92 bits per heavy atom. The molecule has 49 heavy (non-hydrogen) atoms. The molecule has 11 heteroatoms. The maximum atomic E-state index is 13.6. The number of Topliss-reactive ketones (excluding diaryl/α,β-unsaturated/α-hetero) is 1. The van der Waals surface area contributed by atoms with E-state index < -0.39 is 27.8 Å². The van der Waals surface area contributed by atoms with Crippen LogP contribution in [0.2, 0.25) is 0 Å². The second-order valence-corrected chi connectivity index (χ2v) is 17.5. The maximum Gasteiger partial charge on any atom is 0.316 e. The number of carbonyl (C=O) groups excluding carboxylic acids is 3. The van der Waals surface area contributed by atoms with Gasteiger partial charge in [0, 0.05) is 47.1 Å². The van der Waals surface area contributed by atoms with Crippen LogP contribution < -0.4 is 10.1 Å². The zero-order valence-electron chi connectivity index (χ0n) is 30.2. The molecule has 1 aromatic carbocycles. The molecule has 0 saturated heterocycles. The van der Waals surface area contributed by atoms with Crippen LogP contribution >= 0.6 is 11.8 Å². The number of methoxy groups -OCH3 is 1. The number of aromatic nitrogens is 3. The van der Waals surface area contributed by atoms with Gasteiger partial charge in [-0.05, 0) is 74.5 Å². The quantitative estimate of drug-likeness (QED) is 0.221. The van der Waals surface area contributed by atoms with Crippen LogP contribution in [0.4, 0.5) is 0 Å². The third kappa shape index (κ3) is 7.34. The van der Waals surface area contributed by atoms with Crippen LogP contribution in [0.15, 0.2) is 43.1 Å². The topological polar surface area (TPSA) is 133 Å². The van der Waals surface area contributed by atoms with E-state index in [0.717, 1.165) is 36.3 Å². The van der Waals surface area contributed by atoms with Gasteiger partial charge >= 0.3 is 5.97 Å². The average Bonchev–Trinajstić information content (AvgIpc) is 3.67. The minimum atomic E-state index is -0.702. The van der Waals surface area contributed by atoms with Crippen molar-refractivity contribution in [3.8, 4) is 5.75 Å². The minimum absolute atomic E-state index is 0.0325. The Morgan fingerprint density at radius 1 is 1.20 bits per heavy atom. The van der Waals surface area contributed by atoms with Crippen molar-refractivity contribution in [2.75, 3.05) is 19.4 Å². The van der Waals surface area contributed by atoms with Gasteiger partial charge < -0.3 is 19.9 Å². The SMILES string of the molecule is C=C[C@]1(C)C[C@@H](OC(=O)CSC(C)(C)CNC(=O)Cn2cc(Cc3ccc(OC)cc3)nn2)[C@]2(C)[C@H](C)CC[C@]3(CCC(=O)[C@H]32)[C@@H](C)[C@@H]1O. The lowest BCUT2D eigenvalue weighted by Crippen LogP contribution is -2.63. The number of hydrogen-bond donors (Lipinski definition) is 2. The van der Waals surface area contributed by atoms with Crippen molar-refractivity contribution in [3.05, 3.63) is 54.4 Å². The average molecular weight is 695 g/mol. The molecule has 3 aliphatic rings. The molecule has 3 saturated carbocycles. The Balaban J connectivity index is 1.18. The fourth-order valence-corrected chi connectivity index (χ4v) is 9.71. The molecule has 3 aliphatic carbocycles. The summed E-state index contributed by atoms with van der Waals surface area (Å²) in [6, 6.07) is 7.73. The molecule has 2 N–H and O–H groups in total. The molecule has 1 aromatic heterocycles. The fourth-order valence-electron chi connectivity index (χ4n) is 8.96. The molecule has 8 atom stereocenters. The molecule has 268 valence electrons. The zero-order valence-corrected chi connectivity index (χ0v) is 31.0. The molecule has 2 bridgehead atoms. The van der Waals surface area contributed by atoms with Crippen molar-refractivity contribution in [2.45, 2.75) is 104 Å². The summed E-state index contributed by atoms with van der Waals surface area (Å²) in [6.45, 7) is 16.9. The van der Waals surface area contributed by atoms with Gasteiger partial charge in [0.15, 0.2) is 0 Å². The predicted octanol–water partition coefficient (Wildman–Crippen LogP) is 5.41. The van der Waals surface area contributed by atoms with E-state index in [0.29, 0.717) is 25.8 Å². The first kappa shape index (κ1) is 37.1. The number of benzene rings is 1. The van der Waals surface area contributed by atoms with E-state index in [1.165, 1.54) is 16.4 Å². The van der Waals surface area contributed by atoms with Crippen molar-refractivity contribution < 1.29 is 29.0 Å². The highest BCUT2D eigenvalue weighted by Crippen LogP contribution is 2.68. The van der Waals surface area contributed by atoms with Crippen molar-refractivity contribution in [3.63, 3.8) is 0 Å². The predicted molar refractivity (Wildman–Crippen MR) is 190 cm³/mol. The highest BCUT2D eigenvalue weighted by molar-refractivity contribution is 8.01. The summed E-state index contributed by atoms with van der Waals surface area (Å²) in [5, 5.41) is 23.0. The summed E-state index contributed by atoms with van der Waals surface area (Å²) >= 11 is 1.42. The van der Waals surface area contributed by atoms with Crippen LogP contribution in [0.5, 0.6) is 5.75 Å². The van der Waals surface area contributed by atoms with Crippen LogP contribution in [-0.4, -0.2) is 74.1 Å². The van der Waals surface area contributed by atoms with Crippen LogP contribution in [0.1, 0.15) is 84.9 Å². The Kier molecular flexibility index (Phi) is 10.8. The molecule has 5 rings (SSSR count). The number of esters is 1. The van der Waals surface area contributed by atoms with Crippen LogP contribution in [0.3, 0.4) is 0 Å². The van der Waals surface area contributed by atoms with E-state index in [-0.39, 0.29) is 53.1 Å². The lowest BCUT2D eigenvalue weighted by Gasteiger charge is -2.61. The Morgan fingerprint density at radius 3 is 2.59 bits per heavy atom. The van der Waals surface area contributed by atoms with E-state index in [2.05, 4.69) is 43.0 Å². The number of nitrogens with one attached hydrogen (secondary N) is 1. The van der Waals surface area contributed by atoms with E-state index >= 15 is 0 Å². The summed E-state index contributed by atoms with van der Waals surface area (Å²) < 4.78 is 12.7. The van der Waals surface area contributed by atoms with Gasteiger partial charge in [0.05, 0.1) is 24.7 Å². The summed E-state index contributed by atoms with van der Waals surface area (Å²) in [6.07, 6.45) is 6.42. The smallest absolute Gasteiger partial charge is 0.316 e. The number of rotatable bonds is 12. The summed E-state index contributed by atoms with van der Waals surface area (Å²) in [7, 11) is 1.63. The molecule has 1 heterocycles. The van der Waals surface area contributed by atoms with E-state index in [1.807, 2.05) is 51.1 Å². The molecule has 10 nitrogen and oxygen atoms in total.